The lowest BCUT2D eigenvalue weighted by Gasteiger charge is -2.06. The third-order valence-electron chi connectivity index (χ3n) is 12.4. The molecular weight excluding hydrogens is 959 g/mol. The Kier molecular flexibility index (Phi) is 9.43. The second-order valence-electron chi connectivity index (χ2n) is 18.5. The highest BCUT2D eigenvalue weighted by Gasteiger charge is 2.17. The molecule has 0 bridgehead atoms. The van der Waals surface area contributed by atoms with Crippen LogP contribution in [-0.2, 0) is 35.2 Å². The van der Waals surface area contributed by atoms with Gasteiger partial charge in [0.2, 0.25) is 28.5 Å². The largest absolute Gasteiger partial charge is 0.212 e. The van der Waals surface area contributed by atoms with E-state index in [2.05, 4.69) is 0 Å². The molecule has 0 aliphatic rings. The van der Waals surface area contributed by atoms with Gasteiger partial charge in [-0.3, -0.25) is 0 Å². The maximum Gasteiger partial charge on any atom is 0.212 e. The predicted molar refractivity (Wildman–Crippen MR) is 332 cm³/mol. The second kappa shape index (κ2) is 27.4. The summed E-state index contributed by atoms with van der Waals surface area (Å²) in [6.45, 7) is -13.2. The zero-order chi connectivity index (χ0) is 88.9. The maximum absolute atomic E-state index is 8.38. The van der Waals surface area contributed by atoms with Crippen molar-refractivity contribution < 1.29 is 73.6 Å². The number of hydrogen-bond donors (Lipinski definition) is 0. The van der Waals surface area contributed by atoms with Crippen LogP contribution in [0, 0.1) is 96.3 Å². The number of hydrogen-bond acceptors (Lipinski definition) is 0. The summed E-state index contributed by atoms with van der Waals surface area (Å²) < 4.78 is 291. The van der Waals surface area contributed by atoms with Crippen LogP contribution in [0.2, 0.25) is 0 Å². The fourth-order valence-electron chi connectivity index (χ4n) is 8.29. The Morgan fingerprint density at radius 3 is 1.25 bits per heavy atom. The van der Waals surface area contributed by atoms with Gasteiger partial charge in [-0.15, -0.1) is 0 Å². The SMILES string of the molecule is [2H]c1c(C([2H])([2H])[2H])c(C([2H])([2H])[2H])c([2H])[n+](C)c1-c1ccccc1C.[2H]c1c(C([2H])([2H])[2H])c([2H])c(-c2ccccc2C)[n+](C)c1[2H].[2H]c1c(C([2H])([2H])[2H])ccc(-c2ccc(C([2H])([2H])[2H])cc2C)[n+]1C.[2H]c1c([2H])c(-c2ccc(C([2H])([2H])[2H])cc2C)[n+](C)c([2H])c1C([2H])([2H])[2H].[2H]c1cc(C([2H])([2H])[2H])cc(-c2ccc(C([2H])([2H])[2H])cc2C)[n+]1C. The Hall–Kier alpha value is -8.15. The molecular formula is C74H88N5+5. The number of aryl methyl sites for hydroxylation is 10. The van der Waals surface area contributed by atoms with Gasteiger partial charge >= 0.3 is 0 Å². The van der Waals surface area contributed by atoms with E-state index in [9.17, 15) is 0 Å². The zero-order valence-corrected chi connectivity index (χ0v) is 45.9. The summed E-state index contributed by atoms with van der Waals surface area (Å²) in [5.41, 5.74) is 7.71. The van der Waals surface area contributed by atoms with Crippen LogP contribution >= 0.6 is 0 Å². The van der Waals surface area contributed by atoms with Crippen LogP contribution < -0.4 is 22.8 Å². The van der Waals surface area contributed by atoms with Crippen LogP contribution in [0.25, 0.3) is 56.3 Å². The molecule has 0 aliphatic heterocycles. The molecule has 0 saturated heterocycles. The summed E-state index contributed by atoms with van der Waals surface area (Å²) in [7, 11) is 7.81. The van der Waals surface area contributed by atoms with E-state index < -0.39 is 96.6 Å². The molecule has 10 aromatic rings. The molecule has 10 rings (SSSR count). The van der Waals surface area contributed by atoms with Crippen molar-refractivity contribution in [2.24, 2.45) is 35.2 Å². The van der Waals surface area contributed by atoms with Crippen LogP contribution in [0.5, 0.6) is 0 Å². The third-order valence-corrected chi connectivity index (χ3v) is 12.4. The van der Waals surface area contributed by atoms with E-state index >= 15 is 0 Å². The van der Waals surface area contributed by atoms with Crippen molar-refractivity contribution in [1.29, 1.82) is 0 Å². The number of nitrogens with zero attached hydrogens (tertiary/aromatic N) is 5. The lowest BCUT2D eigenvalue weighted by Crippen LogP contribution is -2.31. The van der Waals surface area contributed by atoms with E-state index in [-0.39, 0.29) is 87.6 Å². The second-order valence-corrected chi connectivity index (χ2v) is 18.5. The Balaban J connectivity index is 0.000000226. The molecule has 0 N–H and O–H groups in total. The molecule has 0 aliphatic carbocycles. The lowest BCUT2D eigenvalue weighted by molar-refractivity contribution is -0.660. The lowest BCUT2D eigenvalue weighted by atomic mass is 10.0. The van der Waals surface area contributed by atoms with Gasteiger partial charge in [0.1, 0.15) is 42.1 Å². The molecule has 0 amide bonds. The zero-order valence-electron chi connectivity index (χ0n) is 82.9. The Labute approximate surface area is 527 Å². The van der Waals surface area contributed by atoms with E-state index in [0.29, 0.717) is 44.9 Å². The number of rotatable bonds is 5. The van der Waals surface area contributed by atoms with Crippen molar-refractivity contribution in [2.75, 3.05) is 0 Å². The first-order chi connectivity index (χ1) is 52.6. The van der Waals surface area contributed by atoms with Gasteiger partial charge < -0.3 is 0 Å². The van der Waals surface area contributed by atoms with Gasteiger partial charge in [0, 0.05) is 124 Å². The van der Waals surface area contributed by atoms with Crippen molar-refractivity contribution in [3.05, 3.63) is 266 Å². The fourth-order valence-corrected chi connectivity index (χ4v) is 8.29. The minimum Gasteiger partial charge on any atom is -0.201 e. The van der Waals surface area contributed by atoms with Gasteiger partial charge in [-0.2, -0.15) is 0 Å². The van der Waals surface area contributed by atoms with Gasteiger partial charge in [-0.1, -0.05) is 89.5 Å². The van der Waals surface area contributed by atoms with Gasteiger partial charge in [-0.05, 0) is 183 Å². The Morgan fingerprint density at radius 1 is 0.278 bits per heavy atom. The topological polar surface area (TPSA) is 19.4 Å². The number of pyridine rings is 5. The average molecular weight is 1080 g/mol. The molecule has 0 unspecified atom stereocenters. The van der Waals surface area contributed by atoms with Crippen molar-refractivity contribution in [2.45, 2.75) is 96.3 Å². The van der Waals surface area contributed by atoms with Crippen molar-refractivity contribution in [1.82, 2.24) is 0 Å². The van der Waals surface area contributed by atoms with E-state index in [1.807, 2.05) is 38.1 Å². The molecule has 0 saturated carbocycles. The highest BCUT2D eigenvalue weighted by molar-refractivity contribution is 5.65. The van der Waals surface area contributed by atoms with Crippen LogP contribution in [0.15, 0.2) is 188 Å². The minimum absolute atomic E-state index is 0.0134. The minimum atomic E-state index is -2.80. The van der Waals surface area contributed by atoms with E-state index in [1.54, 1.807) is 101 Å². The van der Waals surface area contributed by atoms with Crippen LogP contribution in [0.3, 0.4) is 0 Å². The molecule has 5 heteroatoms. The molecule has 5 nitrogen and oxygen atoms in total. The number of aromatic nitrogens is 5. The van der Waals surface area contributed by atoms with E-state index in [0.717, 1.165) is 27.8 Å². The van der Waals surface area contributed by atoms with Crippen molar-refractivity contribution >= 4 is 0 Å². The highest BCUT2D eigenvalue weighted by Crippen LogP contribution is 2.26. The summed E-state index contributed by atoms with van der Waals surface area (Å²) in [6, 6.07) is 32.5. The summed E-state index contributed by atoms with van der Waals surface area (Å²) in [5.74, 6) is 0. The third kappa shape index (κ3) is 16.2. The van der Waals surface area contributed by atoms with Crippen LogP contribution in [0.1, 0.15) is 129 Å². The summed E-state index contributed by atoms with van der Waals surface area (Å²) in [6.07, 6.45) is -1.00. The maximum atomic E-state index is 8.38. The van der Waals surface area contributed by atoms with E-state index in [1.165, 1.54) is 80.9 Å². The summed E-state index contributed by atoms with van der Waals surface area (Å²) in [4.78, 5) is 0. The molecule has 0 atom stereocenters. The molecule has 79 heavy (non-hydrogen) atoms. The molecule has 5 aromatic heterocycles. The smallest absolute Gasteiger partial charge is 0.201 e. The van der Waals surface area contributed by atoms with Gasteiger partial charge in [0.25, 0.3) is 0 Å². The van der Waals surface area contributed by atoms with Crippen molar-refractivity contribution in [3.63, 3.8) is 0 Å². The molecule has 0 radical (unpaired) electrons. The Morgan fingerprint density at radius 2 is 0.722 bits per heavy atom. The normalized spacial score (nSPS) is 18.7. The molecule has 5 heterocycles. The fraction of sp³-hybridized carbons (Fsp3) is 0.257. The molecule has 404 valence electrons. The highest BCUT2D eigenvalue weighted by atomic mass is 14.9. The average Bonchev–Trinajstić information content (AvgIpc) is 0.736. The first-order valence-corrected chi connectivity index (χ1v) is 24.7. The van der Waals surface area contributed by atoms with Gasteiger partial charge in [-0.25, -0.2) is 22.8 Å². The first-order valence-electron chi connectivity index (χ1n) is 43.2. The number of benzene rings is 5. The summed E-state index contributed by atoms with van der Waals surface area (Å²) >= 11 is 0. The van der Waals surface area contributed by atoms with Crippen LogP contribution in [0.4, 0.5) is 0 Å². The first kappa shape index (κ1) is 27.1. The van der Waals surface area contributed by atoms with Crippen LogP contribution in [-0.4, -0.2) is 0 Å². The van der Waals surface area contributed by atoms with Gasteiger partial charge in [0.15, 0.2) is 30.9 Å². The predicted octanol–water partition coefficient (Wildman–Crippen LogP) is 15.2. The standard InChI is InChI=1S/4C15H18N.C14H16N/c2*1-11-5-7-14(13(3)9-11)15-8-6-12(2)10-16(15)4;1-11-5-6-14(13(3)9-11)15-10-12(2)7-8-16(15)4;1-11-7-5-6-8-14(11)15-9-12(2)13(3)10-16(15)4;1-11-8-9-15(3)14(10-11)13-7-5-4-6-12(13)2/h4*5-10H,1-4H3;4-10H,1-3H3/q5*+1/i1D3,2D3,6D,8D,10D;1D3,2D3,10D;1D3,2D3,8D;2D3,3D3,9D,10D;1D3,8D,9D,10D. The summed E-state index contributed by atoms with van der Waals surface area (Å²) in [5, 5.41) is 0. The quantitative estimate of drug-likeness (QED) is 0.153. The molecule has 0 fully saturated rings. The Bertz CT molecular complexity index is 5310. The monoisotopic (exact) mass is 1080 g/mol. The van der Waals surface area contributed by atoms with E-state index in [4.69, 9.17) is 50.7 Å². The van der Waals surface area contributed by atoms with Crippen molar-refractivity contribution in [3.8, 4) is 56.3 Å². The molecule has 5 aromatic carbocycles. The van der Waals surface area contributed by atoms with Gasteiger partial charge in [0.05, 0.1) is 6.85 Å². The molecule has 0 spiro atoms.